The van der Waals surface area contributed by atoms with E-state index in [1.807, 2.05) is 18.5 Å². The lowest BCUT2D eigenvalue weighted by Crippen LogP contribution is -2.15. The van der Waals surface area contributed by atoms with Crippen molar-refractivity contribution in [2.75, 3.05) is 0 Å². The summed E-state index contributed by atoms with van der Waals surface area (Å²) in [7, 11) is 0. The van der Waals surface area contributed by atoms with Crippen LogP contribution in [0.4, 0.5) is 0 Å². The standard InChI is InChI=1S/C7H12N2S/c1-6(8)2-3-7-9-4-5-10-7/h4-6H,2-3,8H2,1H3. The minimum Gasteiger partial charge on any atom is -0.328 e. The Labute approximate surface area is 65.1 Å². The summed E-state index contributed by atoms with van der Waals surface area (Å²) in [5.74, 6) is 0. The largest absolute Gasteiger partial charge is 0.328 e. The molecule has 0 spiro atoms. The normalized spacial score (nSPS) is 13.4. The first-order valence-electron chi connectivity index (χ1n) is 3.43. The highest BCUT2D eigenvalue weighted by Gasteiger charge is 1.97. The van der Waals surface area contributed by atoms with Crippen LogP contribution in [-0.4, -0.2) is 11.0 Å². The maximum atomic E-state index is 5.59. The molecule has 0 aromatic carbocycles. The fraction of sp³-hybridized carbons (Fsp3) is 0.571. The molecule has 56 valence electrons. The lowest BCUT2D eigenvalue weighted by atomic mass is 10.2. The van der Waals surface area contributed by atoms with E-state index in [0.29, 0.717) is 6.04 Å². The zero-order chi connectivity index (χ0) is 7.40. The predicted molar refractivity (Wildman–Crippen MR) is 44.1 cm³/mol. The Morgan fingerprint density at radius 2 is 2.60 bits per heavy atom. The van der Waals surface area contributed by atoms with Crippen LogP contribution in [0.2, 0.25) is 0 Å². The van der Waals surface area contributed by atoms with Gasteiger partial charge in [0.05, 0.1) is 5.01 Å². The summed E-state index contributed by atoms with van der Waals surface area (Å²) in [6, 6.07) is 0.295. The van der Waals surface area contributed by atoms with Gasteiger partial charge in [0.1, 0.15) is 0 Å². The molecule has 1 unspecified atom stereocenters. The number of rotatable bonds is 3. The molecule has 1 heterocycles. The smallest absolute Gasteiger partial charge is 0.0925 e. The van der Waals surface area contributed by atoms with E-state index in [4.69, 9.17) is 5.73 Å². The van der Waals surface area contributed by atoms with E-state index in [2.05, 4.69) is 4.98 Å². The molecule has 0 amide bonds. The molecule has 2 N–H and O–H groups in total. The van der Waals surface area contributed by atoms with Crippen LogP contribution in [0.15, 0.2) is 11.6 Å². The molecule has 0 radical (unpaired) electrons. The Bertz CT molecular complexity index is 170. The summed E-state index contributed by atoms with van der Waals surface area (Å²) >= 11 is 1.70. The maximum absolute atomic E-state index is 5.59. The van der Waals surface area contributed by atoms with Crippen molar-refractivity contribution in [3.8, 4) is 0 Å². The molecule has 1 rings (SSSR count). The molecule has 0 fully saturated rings. The zero-order valence-corrected chi connectivity index (χ0v) is 6.90. The van der Waals surface area contributed by atoms with Gasteiger partial charge in [0.2, 0.25) is 0 Å². The minimum atomic E-state index is 0.295. The monoisotopic (exact) mass is 156 g/mol. The van der Waals surface area contributed by atoms with E-state index in [1.165, 1.54) is 5.01 Å². The molecule has 0 aliphatic carbocycles. The topological polar surface area (TPSA) is 38.9 Å². The van der Waals surface area contributed by atoms with E-state index >= 15 is 0 Å². The quantitative estimate of drug-likeness (QED) is 0.719. The van der Waals surface area contributed by atoms with Crippen molar-refractivity contribution in [1.82, 2.24) is 4.98 Å². The zero-order valence-electron chi connectivity index (χ0n) is 6.08. The van der Waals surface area contributed by atoms with Crippen molar-refractivity contribution in [3.63, 3.8) is 0 Å². The minimum absolute atomic E-state index is 0.295. The molecule has 1 atom stereocenters. The van der Waals surface area contributed by atoms with Gasteiger partial charge in [-0.25, -0.2) is 4.98 Å². The second-order valence-corrected chi connectivity index (χ2v) is 3.42. The molecule has 10 heavy (non-hydrogen) atoms. The summed E-state index contributed by atoms with van der Waals surface area (Å²) in [5.41, 5.74) is 5.59. The Kier molecular flexibility index (Phi) is 2.83. The average molecular weight is 156 g/mol. The molecular formula is C7H12N2S. The Hall–Kier alpha value is -0.410. The van der Waals surface area contributed by atoms with E-state index in [-0.39, 0.29) is 0 Å². The second kappa shape index (κ2) is 3.68. The van der Waals surface area contributed by atoms with Crippen LogP contribution in [0.5, 0.6) is 0 Å². The Balaban J connectivity index is 2.28. The number of hydrogen-bond acceptors (Lipinski definition) is 3. The fourth-order valence-corrected chi connectivity index (χ4v) is 1.36. The van der Waals surface area contributed by atoms with Gasteiger partial charge in [0.15, 0.2) is 0 Å². The van der Waals surface area contributed by atoms with Gasteiger partial charge in [-0.05, 0) is 13.3 Å². The van der Waals surface area contributed by atoms with Crippen LogP contribution in [-0.2, 0) is 6.42 Å². The average Bonchev–Trinajstić information content (AvgIpc) is 2.34. The molecule has 3 heteroatoms. The summed E-state index contributed by atoms with van der Waals surface area (Å²) in [6.07, 6.45) is 3.89. The van der Waals surface area contributed by atoms with Crippen LogP contribution in [0.3, 0.4) is 0 Å². The fourth-order valence-electron chi connectivity index (χ4n) is 0.728. The molecule has 0 aliphatic heterocycles. The summed E-state index contributed by atoms with van der Waals surface area (Å²) in [5, 5.41) is 3.19. The third-order valence-corrected chi connectivity index (χ3v) is 2.14. The van der Waals surface area contributed by atoms with Crippen LogP contribution < -0.4 is 5.73 Å². The van der Waals surface area contributed by atoms with Gasteiger partial charge in [-0.15, -0.1) is 11.3 Å². The van der Waals surface area contributed by atoms with Gasteiger partial charge in [-0.2, -0.15) is 0 Å². The molecule has 0 aliphatic rings. The second-order valence-electron chi connectivity index (χ2n) is 2.44. The first kappa shape index (κ1) is 7.69. The van der Waals surface area contributed by atoms with Crippen molar-refractivity contribution in [1.29, 1.82) is 0 Å². The molecule has 0 bridgehead atoms. The third-order valence-electron chi connectivity index (χ3n) is 1.30. The first-order chi connectivity index (χ1) is 4.79. The SMILES string of the molecule is CC(N)CCc1nccs1. The van der Waals surface area contributed by atoms with Crippen LogP contribution in [0.25, 0.3) is 0 Å². The van der Waals surface area contributed by atoms with Gasteiger partial charge in [0.25, 0.3) is 0 Å². The Morgan fingerprint density at radius 1 is 1.80 bits per heavy atom. The number of aryl methyl sites for hydroxylation is 1. The highest BCUT2D eigenvalue weighted by Crippen LogP contribution is 2.07. The van der Waals surface area contributed by atoms with Crippen molar-refractivity contribution >= 4 is 11.3 Å². The van der Waals surface area contributed by atoms with Crippen LogP contribution in [0, 0.1) is 0 Å². The number of nitrogens with two attached hydrogens (primary N) is 1. The third kappa shape index (κ3) is 2.45. The predicted octanol–water partition coefficient (Wildman–Crippen LogP) is 1.42. The molecule has 2 nitrogen and oxygen atoms in total. The highest BCUT2D eigenvalue weighted by atomic mass is 32.1. The molecular weight excluding hydrogens is 144 g/mol. The summed E-state index contributed by atoms with van der Waals surface area (Å²) < 4.78 is 0. The molecule has 1 aromatic rings. The number of hydrogen-bond donors (Lipinski definition) is 1. The first-order valence-corrected chi connectivity index (χ1v) is 4.31. The van der Waals surface area contributed by atoms with Crippen molar-refractivity contribution < 1.29 is 0 Å². The number of aromatic nitrogens is 1. The van der Waals surface area contributed by atoms with Gasteiger partial charge in [-0.3, -0.25) is 0 Å². The van der Waals surface area contributed by atoms with E-state index in [0.717, 1.165) is 12.8 Å². The van der Waals surface area contributed by atoms with Crippen LogP contribution >= 0.6 is 11.3 Å². The van der Waals surface area contributed by atoms with E-state index in [9.17, 15) is 0 Å². The van der Waals surface area contributed by atoms with Crippen molar-refractivity contribution in [2.24, 2.45) is 5.73 Å². The lowest BCUT2D eigenvalue weighted by Gasteiger charge is -2.00. The highest BCUT2D eigenvalue weighted by molar-refractivity contribution is 7.09. The van der Waals surface area contributed by atoms with Gasteiger partial charge >= 0.3 is 0 Å². The molecule has 0 saturated carbocycles. The van der Waals surface area contributed by atoms with Crippen molar-refractivity contribution in [2.45, 2.75) is 25.8 Å². The molecule has 0 saturated heterocycles. The van der Waals surface area contributed by atoms with Gasteiger partial charge < -0.3 is 5.73 Å². The van der Waals surface area contributed by atoms with Gasteiger partial charge in [-0.1, -0.05) is 0 Å². The van der Waals surface area contributed by atoms with Crippen molar-refractivity contribution in [3.05, 3.63) is 16.6 Å². The Morgan fingerprint density at radius 3 is 3.10 bits per heavy atom. The number of nitrogens with zero attached hydrogens (tertiary/aromatic N) is 1. The van der Waals surface area contributed by atoms with Gasteiger partial charge in [0, 0.05) is 24.0 Å². The van der Waals surface area contributed by atoms with E-state index < -0.39 is 0 Å². The lowest BCUT2D eigenvalue weighted by molar-refractivity contribution is 0.664. The number of thiazole rings is 1. The van der Waals surface area contributed by atoms with Crippen LogP contribution in [0.1, 0.15) is 18.4 Å². The maximum Gasteiger partial charge on any atom is 0.0925 e. The van der Waals surface area contributed by atoms with E-state index in [1.54, 1.807) is 11.3 Å². The molecule has 1 aromatic heterocycles. The summed E-state index contributed by atoms with van der Waals surface area (Å²) in [6.45, 7) is 2.02. The summed E-state index contributed by atoms with van der Waals surface area (Å²) in [4.78, 5) is 4.15.